The summed E-state index contributed by atoms with van der Waals surface area (Å²) in [6.45, 7) is 12.6. The van der Waals surface area contributed by atoms with E-state index in [4.69, 9.17) is 0 Å². The van der Waals surface area contributed by atoms with Crippen molar-refractivity contribution in [2.45, 2.75) is 60.3 Å². The fourth-order valence-electron chi connectivity index (χ4n) is 3.56. The minimum atomic E-state index is 0.851. The lowest BCUT2D eigenvalue weighted by Gasteiger charge is -2.15. The largest absolute Gasteiger partial charge is 0.374 e. The molecule has 0 radical (unpaired) electrons. The molecule has 2 nitrogen and oxygen atoms in total. The summed E-state index contributed by atoms with van der Waals surface area (Å²) >= 11 is 0. The number of hydrogen-bond donors (Lipinski definition) is 1. The third-order valence-corrected chi connectivity index (χ3v) is 5.25. The maximum absolute atomic E-state index is 3.99. The van der Waals surface area contributed by atoms with Crippen LogP contribution in [0.15, 0.2) is 4.99 Å². The van der Waals surface area contributed by atoms with Crippen LogP contribution >= 0.6 is 0 Å². The SMILES string of the molecule is CN=C1CCCN1.Cc1c(C)c(C)c2c(c1C)CC(C)C2. The van der Waals surface area contributed by atoms with Crippen LogP contribution in [0.3, 0.4) is 0 Å². The Morgan fingerprint density at radius 1 is 0.905 bits per heavy atom. The van der Waals surface area contributed by atoms with Gasteiger partial charge in [-0.05, 0) is 86.3 Å². The first-order chi connectivity index (χ1) is 9.95. The van der Waals surface area contributed by atoms with Gasteiger partial charge >= 0.3 is 0 Å². The first-order valence-corrected chi connectivity index (χ1v) is 8.23. The molecular weight excluding hydrogens is 256 g/mol. The second-order valence-electron chi connectivity index (χ2n) is 6.67. The lowest BCUT2D eigenvalue weighted by molar-refractivity contribution is 0.626. The summed E-state index contributed by atoms with van der Waals surface area (Å²) in [6, 6.07) is 0. The Balaban J connectivity index is 0.000000194. The van der Waals surface area contributed by atoms with Crippen LogP contribution in [0.4, 0.5) is 0 Å². The maximum Gasteiger partial charge on any atom is 0.0960 e. The van der Waals surface area contributed by atoms with Crippen molar-refractivity contribution in [3.05, 3.63) is 33.4 Å². The van der Waals surface area contributed by atoms with Crippen molar-refractivity contribution in [1.29, 1.82) is 0 Å². The van der Waals surface area contributed by atoms with Crippen LogP contribution in [0.5, 0.6) is 0 Å². The van der Waals surface area contributed by atoms with E-state index in [9.17, 15) is 0 Å². The molecule has 0 aromatic heterocycles. The smallest absolute Gasteiger partial charge is 0.0960 e. The highest BCUT2D eigenvalue weighted by Crippen LogP contribution is 2.35. The Labute approximate surface area is 130 Å². The number of nitrogens with one attached hydrogen (secondary N) is 1. The zero-order chi connectivity index (χ0) is 15.6. The lowest BCUT2D eigenvalue weighted by Crippen LogP contribution is -2.13. The summed E-state index contributed by atoms with van der Waals surface area (Å²) in [6.07, 6.45) is 5.00. The normalized spacial score (nSPS) is 19.2. The van der Waals surface area contributed by atoms with Crippen molar-refractivity contribution < 1.29 is 0 Å². The molecule has 0 atom stereocenters. The molecule has 0 spiro atoms. The van der Waals surface area contributed by atoms with Crippen molar-refractivity contribution in [2.24, 2.45) is 10.9 Å². The summed E-state index contributed by atoms with van der Waals surface area (Å²) in [5, 5.41) is 3.16. The van der Waals surface area contributed by atoms with E-state index < -0.39 is 0 Å². The van der Waals surface area contributed by atoms with Crippen molar-refractivity contribution in [3.8, 4) is 0 Å². The molecule has 0 bridgehead atoms. The Morgan fingerprint density at radius 3 is 1.76 bits per heavy atom. The average Bonchev–Trinajstić information content (AvgIpc) is 3.12. The first-order valence-electron chi connectivity index (χ1n) is 8.23. The number of fused-ring (bicyclic) bond motifs is 1. The van der Waals surface area contributed by atoms with Gasteiger partial charge in [0.2, 0.25) is 0 Å². The van der Waals surface area contributed by atoms with Gasteiger partial charge < -0.3 is 5.32 Å². The first kappa shape index (κ1) is 16.1. The van der Waals surface area contributed by atoms with Gasteiger partial charge in [-0.15, -0.1) is 0 Å². The van der Waals surface area contributed by atoms with Crippen LogP contribution in [0, 0.1) is 33.6 Å². The van der Waals surface area contributed by atoms with Gasteiger partial charge in [0.15, 0.2) is 0 Å². The van der Waals surface area contributed by atoms with Gasteiger partial charge in [-0.25, -0.2) is 0 Å². The minimum Gasteiger partial charge on any atom is -0.374 e. The van der Waals surface area contributed by atoms with Crippen molar-refractivity contribution in [2.75, 3.05) is 13.6 Å². The van der Waals surface area contributed by atoms with Crippen LogP contribution in [0.25, 0.3) is 0 Å². The molecule has 1 heterocycles. The monoisotopic (exact) mass is 286 g/mol. The van der Waals surface area contributed by atoms with Gasteiger partial charge in [-0.1, -0.05) is 6.92 Å². The van der Waals surface area contributed by atoms with E-state index in [0.29, 0.717) is 0 Å². The molecule has 2 heteroatoms. The Hall–Kier alpha value is -1.31. The standard InChI is InChI=1S/C14H20.C5H10N2/c1-8-6-13-11(4)9(2)10(3)12(5)14(13)7-8;1-6-5-3-2-4-7-5/h8H,6-7H2,1-5H3;2-4H2,1H3,(H,6,7). The van der Waals surface area contributed by atoms with Crippen LogP contribution in [0.2, 0.25) is 0 Å². The van der Waals surface area contributed by atoms with Crippen LogP contribution in [-0.4, -0.2) is 19.4 Å². The van der Waals surface area contributed by atoms with Crippen molar-refractivity contribution in [1.82, 2.24) is 5.32 Å². The van der Waals surface area contributed by atoms with Gasteiger partial charge in [0.1, 0.15) is 0 Å². The van der Waals surface area contributed by atoms with Crippen molar-refractivity contribution >= 4 is 5.84 Å². The van der Waals surface area contributed by atoms with E-state index in [1.165, 1.54) is 36.2 Å². The van der Waals surface area contributed by atoms with E-state index in [2.05, 4.69) is 44.9 Å². The lowest BCUT2D eigenvalue weighted by atomic mass is 9.90. The molecule has 1 aliphatic carbocycles. The molecule has 1 N–H and O–H groups in total. The fourth-order valence-corrected chi connectivity index (χ4v) is 3.56. The highest BCUT2D eigenvalue weighted by molar-refractivity contribution is 5.83. The number of amidine groups is 1. The quantitative estimate of drug-likeness (QED) is 0.764. The van der Waals surface area contributed by atoms with E-state index in [1.807, 2.05) is 7.05 Å². The van der Waals surface area contributed by atoms with Gasteiger partial charge in [0.25, 0.3) is 0 Å². The molecule has 1 aromatic rings. The van der Waals surface area contributed by atoms with E-state index >= 15 is 0 Å². The summed E-state index contributed by atoms with van der Waals surface area (Å²) in [4.78, 5) is 3.99. The molecule has 3 rings (SSSR count). The third kappa shape index (κ3) is 3.30. The average molecular weight is 286 g/mol. The zero-order valence-corrected chi connectivity index (χ0v) is 14.6. The second-order valence-corrected chi connectivity index (χ2v) is 6.67. The molecule has 0 saturated carbocycles. The third-order valence-electron chi connectivity index (χ3n) is 5.25. The Morgan fingerprint density at radius 2 is 1.43 bits per heavy atom. The van der Waals surface area contributed by atoms with E-state index in [-0.39, 0.29) is 0 Å². The Bertz CT molecular complexity index is 510. The molecule has 0 unspecified atom stereocenters. The van der Waals surface area contributed by atoms with Gasteiger partial charge in [-0.2, -0.15) is 0 Å². The number of nitrogens with zero attached hydrogens (tertiary/aromatic N) is 1. The molecular formula is C19H30N2. The topological polar surface area (TPSA) is 24.4 Å². The predicted molar refractivity (Wildman–Crippen MR) is 92.6 cm³/mol. The molecule has 1 saturated heterocycles. The van der Waals surface area contributed by atoms with Crippen LogP contribution in [0.1, 0.15) is 53.1 Å². The molecule has 0 amide bonds. The minimum absolute atomic E-state index is 0.851. The molecule has 116 valence electrons. The maximum atomic E-state index is 3.99. The number of benzene rings is 1. The number of aliphatic imine (C=N–C) groups is 1. The zero-order valence-electron chi connectivity index (χ0n) is 14.6. The summed E-state index contributed by atoms with van der Waals surface area (Å²) < 4.78 is 0. The fraction of sp³-hybridized carbons (Fsp3) is 0.632. The second kappa shape index (κ2) is 6.64. The predicted octanol–water partition coefficient (Wildman–Crippen LogP) is 4.05. The van der Waals surface area contributed by atoms with Crippen LogP contribution < -0.4 is 5.32 Å². The summed E-state index contributed by atoms with van der Waals surface area (Å²) in [5.74, 6) is 2.02. The molecule has 1 aromatic carbocycles. The van der Waals surface area contributed by atoms with Crippen LogP contribution in [-0.2, 0) is 12.8 Å². The van der Waals surface area contributed by atoms with Crippen molar-refractivity contribution in [3.63, 3.8) is 0 Å². The number of hydrogen-bond acceptors (Lipinski definition) is 1. The summed E-state index contributed by atoms with van der Waals surface area (Å²) in [5.41, 5.74) is 9.42. The van der Waals surface area contributed by atoms with Gasteiger partial charge in [0, 0.05) is 20.0 Å². The van der Waals surface area contributed by atoms with Gasteiger partial charge in [0.05, 0.1) is 5.84 Å². The molecule has 1 fully saturated rings. The van der Waals surface area contributed by atoms with E-state index in [1.54, 1.807) is 22.3 Å². The van der Waals surface area contributed by atoms with Gasteiger partial charge in [-0.3, -0.25) is 4.99 Å². The molecule has 1 aliphatic heterocycles. The summed E-state index contributed by atoms with van der Waals surface area (Å²) in [7, 11) is 1.83. The molecule has 2 aliphatic rings. The Kier molecular flexibility index (Phi) is 5.08. The van der Waals surface area contributed by atoms with E-state index in [0.717, 1.165) is 18.9 Å². The highest BCUT2D eigenvalue weighted by atomic mass is 15.0. The molecule has 21 heavy (non-hydrogen) atoms. The number of rotatable bonds is 0. The highest BCUT2D eigenvalue weighted by Gasteiger charge is 2.23.